The summed E-state index contributed by atoms with van der Waals surface area (Å²) in [5, 5.41) is 0. The smallest absolute Gasteiger partial charge is 0.366 e. The van der Waals surface area contributed by atoms with E-state index < -0.39 is 6.03 Å². The third-order valence-corrected chi connectivity index (χ3v) is 2.48. The average Bonchev–Trinajstić information content (AvgIpc) is 2.39. The summed E-state index contributed by atoms with van der Waals surface area (Å²) in [7, 11) is 3.16. The molecular formula is C12H12N2O3. The largest absolute Gasteiger partial charge is 0.493 e. The predicted octanol–water partition coefficient (Wildman–Crippen LogP) is 2.06. The molecule has 0 aromatic heterocycles. The van der Waals surface area contributed by atoms with E-state index in [0.717, 1.165) is 5.56 Å². The van der Waals surface area contributed by atoms with Crippen molar-refractivity contribution in [2.75, 3.05) is 14.2 Å². The van der Waals surface area contributed by atoms with Crippen LogP contribution in [0.5, 0.6) is 11.5 Å². The number of carbonyl (C=O) groups is 1. The highest BCUT2D eigenvalue weighted by molar-refractivity contribution is 6.04. The van der Waals surface area contributed by atoms with Crippen molar-refractivity contribution in [3.8, 4) is 11.5 Å². The zero-order chi connectivity index (χ0) is 12.3. The van der Waals surface area contributed by atoms with Gasteiger partial charge in [0, 0.05) is 12.4 Å². The van der Waals surface area contributed by atoms with Gasteiger partial charge in [-0.1, -0.05) is 6.07 Å². The van der Waals surface area contributed by atoms with Crippen LogP contribution in [0, 0.1) is 0 Å². The summed E-state index contributed by atoms with van der Waals surface area (Å²) in [4.78, 5) is 18.1. The lowest BCUT2D eigenvalue weighted by Gasteiger charge is -2.13. The third-order valence-electron chi connectivity index (χ3n) is 2.48. The van der Waals surface area contributed by atoms with Crippen molar-refractivity contribution in [2.24, 2.45) is 9.98 Å². The highest BCUT2D eigenvalue weighted by Crippen LogP contribution is 2.30. The normalized spacial score (nSPS) is 15.1. The molecule has 17 heavy (non-hydrogen) atoms. The maximum Gasteiger partial charge on any atom is 0.366 e. The van der Waals surface area contributed by atoms with Crippen LogP contribution >= 0.6 is 0 Å². The Morgan fingerprint density at radius 1 is 1.06 bits per heavy atom. The molecule has 0 saturated heterocycles. The van der Waals surface area contributed by atoms with Gasteiger partial charge in [0.25, 0.3) is 0 Å². The summed E-state index contributed by atoms with van der Waals surface area (Å²) in [6.45, 7) is 0. The van der Waals surface area contributed by atoms with Gasteiger partial charge in [-0.25, -0.2) is 14.8 Å². The maximum absolute atomic E-state index is 10.8. The summed E-state index contributed by atoms with van der Waals surface area (Å²) in [6.07, 6.45) is 3.13. The van der Waals surface area contributed by atoms with Crippen molar-refractivity contribution < 1.29 is 14.3 Å². The van der Waals surface area contributed by atoms with E-state index in [0.29, 0.717) is 11.5 Å². The first-order valence-corrected chi connectivity index (χ1v) is 5.09. The van der Waals surface area contributed by atoms with Gasteiger partial charge in [-0.05, 0) is 17.7 Å². The standard InChI is InChI=1S/C12H12N2O3/c1-16-10-4-3-8(5-11(10)17-2)9-6-13-12(15)14-7-9/h3-7,9H,1-2H3. The van der Waals surface area contributed by atoms with Crippen molar-refractivity contribution in [1.82, 2.24) is 0 Å². The van der Waals surface area contributed by atoms with Crippen molar-refractivity contribution in [3.05, 3.63) is 23.8 Å². The van der Waals surface area contributed by atoms with Crippen LogP contribution in [0.1, 0.15) is 11.5 Å². The number of aliphatic imine (C=N–C) groups is 2. The minimum atomic E-state index is -0.471. The van der Waals surface area contributed by atoms with Crippen LogP contribution in [0.4, 0.5) is 4.79 Å². The minimum Gasteiger partial charge on any atom is -0.493 e. The Kier molecular flexibility index (Phi) is 3.18. The van der Waals surface area contributed by atoms with Gasteiger partial charge in [0.15, 0.2) is 11.5 Å². The van der Waals surface area contributed by atoms with Crippen LogP contribution in [0.15, 0.2) is 28.2 Å². The molecule has 2 rings (SSSR count). The molecule has 0 bridgehead atoms. The average molecular weight is 232 g/mol. The van der Waals surface area contributed by atoms with Gasteiger partial charge in [0.2, 0.25) is 0 Å². The fraction of sp³-hybridized carbons (Fsp3) is 0.250. The van der Waals surface area contributed by atoms with E-state index in [-0.39, 0.29) is 5.92 Å². The van der Waals surface area contributed by atoms with E-state index in [1.807, 2.05) is 18.2 Å². The molecule has 0 atom stereocenters. The minimum absolute atomic E-state index is 0.104. The van der Waals surface area contributed by atoms with E-state index in [1.54, 1.807) is 26.6 Å². The molecule has 0 N–H and O–H groups in total. The van der Waals surface area contributed by atoms with Gasteiger partial charge in [-0.3, -0.25) is 0 Å². The lowest BCUT2D eigenvalue weighted by Crippen LogP contribution is -2.09. The zero-order valence-corrected chi connectivity index (χ0v) is 9.58. The van der Waals surface area contributed by atoms with Crippen LogP contribution in [0.3, 0.4) is 0 Å². The first kappa shape index (κ1) is 11.3. The highest BCUT2D eigenvalue weighted by Gasteiger charge is 2.14. The molecule has 1 aliphatic rings. The summed E-state index contributed by atoms with van der Waals surface area (Å²) in [5.74, 6) is 1.20. The second kappa shape index (κ2) is 4.78. The summed E-state index contributed by atoms with van der Waals surface area (Å²) in [5.41, 5.74) is 0.947. The first-order chi connectivity index (χ1) is 8.24. The number of benzene rings is 1. The van der Waals surface area contributed by atoms with Crippen LogP contribution in [-0.4, -0.2) is 32.7 Å². The lowest BCUT2D eigenvalue weighted by molar-refractivity contribution is 0.257. The monoisotopic (exact) mass is 232 g/mol. The molecule has 0 radical (unpaired) electrons. The van der Waals surface area contributed by atoms with Gasteiger partial charge in [0.05, 0.1) is 20.1 Å². The fourth-order valence-electron chi connectivity index (χ4n) is 1.59. The Labute approximate surface area is 98.8 Å². The summed E-state index contributed by atoms with van der Waals surface area (Å²) < 4.78 is 10.4. The molecule has 0 fully saturated rings. The lowest BCUT2D eigenvalue weighted by atomic mass is 10.0. The molecule has 1 aromatic carbocycles. The van der Waals surface area contributed by atoms with Crippen molar-refractivity contribution in [1.29, 1.82) is 0 Å². The first-order valence-electron chi connectivity index (χ1n) is 5.09. The second-order valence-corrected chi connectivity index (χ2v) is 3.48. The van der Waals surface area contributed by atoms with E-state index in [9.17, 15) is 4.79 Å². The topological polar surface area (TPSA) is 60.2 Å². The van der Waals surface area contributed by atoms with Crippen LogP contribution in [0.25, 0.3) is 0 Å². The summed E-state index contributed by atoms with van der Waals surface area (Å²) in [6, 6.07) is 5.07. The van der Waals surface area contributed by atoms with Gasteiger partial charge >= 0.3 is 6.03 Å². The molecule has 1 aromatic rings. The number of hydrogen-bond acceptors (Lipinski definition) is 3. The van der Waals surface area contributed by atoms with Gasteiger partial charge < -0.3 is 9.47 Å². The van der Waals surface area contributed by atoms with Crippen molar-refractivity contribution in [3.63, 3.8) is 0 Å². The molecule has 0 unspecified atom stereocenters. The van der Waals surface area contributed by atoms with E-state index in [1.165, 1.54) is 0 Å². The molecule has 5 nitrogen and oxygen atoms in total. The van der Waals surface area contributed by atoms with Crippen LogP contribution in [-0.2, 0) is 0 Å². The van der Waals surface area contributed by atoms with Gasteiger partial charge in [-0.15, -0.1) is 0 Å². The Bertz CT molecular complexity index is 479. The molecule has 0 saturated carbocycles. The summed E-state index contributed by atoms with van der Waals surface area (Å²) >= 11 is 0. The fourth-order valence-corrected chi connectivity index (χ4v) is 1.59. The Morgan fingerprint density at radius 3 is 2.29 bits per heavy atom. The number of urea groups is 1. The SMILES string of the molecule is COc1ccc(C2C=NC(=O)N=C2)cc1OC. The molecule has 1 aliphatic heterocycles. The Hall–Kier alpha value is -2.17. The van der Waals surface area contributed by atoms with Crippen LogP contribution in [0.2, 0.25) is 0 Å². The Morgan fingerprint density at radius 2 is 1.71 bits per heavy atom. The van der Waals surface area contributed by atoms with Gasteiger partial charge in [-0.2, -0.15) is 0 Å². The number of hydrogen-bond donors (Lipinski definition) is 0. The highest BCUT2D eigenvalue weighted by atomic mass is 16.5. The zero-order valence-electron chi connectivity index (χ0n) is 9.58. The molecular weight excluding hydrogens is 220 g/mol. The number of nitrogens with zero attached hydrogens (tertiary/aromatic N) is 2. The molecule has 88 valence electrons. The van der Waals surface area contributed by atoms with E-state index >= 15 is 0 Å². The quantitative estimate of drug-likeness (QED) is 0.801. The van der Waals surface area contributed by atoms with Crippen LogP contribution < -0.4 is 9.47 Å². The predicted molar refractivity (Wildman–Crippen MR) is 64.7 cm³/mol. The number of ether oxygens (including phenoxy) is 2. The molecule has 2 amide bonds. The van der Waals surface area contributed by atoms with Crippen molar-refractivity contribution >= 4 is 18.5 Å². The molecule has 5 heteroatoms. The molecule has 0 spiro atoms. The molecule has 1 heterocycles. The van der Waals surface area contributed by atoms with E-state index in [2.05, 4.69) is 9.98 Å². The second-order valence-electron chi connectivity index (χ2n) is 3.48. The number of rotatable bonds is 3. The van der Waals surface area contributed by atoms with Gasteiger partial charge in [0.1, 0.15) is 0 Å². The van der Waals surface area contributed by atoms with E-state index in [4.69, 9.17) is 9.47 Å². The maximum atomic E-state index is 10.8. The number of carbonyl (C=O) groups excluding carboxylic acids is 1. The van der Waals surface area contributed by atoms with Crippen molar-refractivity contribution in [2.45, 2.75) is 5.92 Å². The number of amides is 2. The Balaban J connectivity index is 2.31. The number of methoxy groups -OCH3 is 2. The third kappa shape index (κ3) is 2.33. The molecule has 0 aliphatic carbocycles.